The summed E-state index contributed by atoms with van der Waals surface area (Å²) in [6.07, 6.45) is -1.03. The van der Waals surface area contributed by atoms with Crippen molar-refractivity contribution in [1.29, 1.82) is 0 Å². The number of hydrogen-bond donors (Lipinski definition) is 3. The van der Waals surface area contributed by atoms with Crippen molar-refractivity contribution in [3.05, 3.63) is 35.9 Å². The summed E-state index contributed by atoms with van der Waals surface area (Å²) in [4.78, 5) is 17.1. The SMILES string of the molecule is O=P(O)(O)OC(CO)COCc1ccccc1. The largest absolute Gasteiger partial charge is 0.470 e. The third kappa shape index (κ3) is 6.53. The minimum absolute atomic E-state index is 0.0868. The van der Waals surface area contributed by atoms with E-state index < -0.39 is 20.5 Å². The first-order valence-electron chi connectivity index (χ1n) is 4.98. The Kier molecular flexibility index (Phi) is 5.77. The molecule has 17 heavy (non-hydrogen) atoms. The number of phosphoric ester groups is 1. The molecule has 1 unspecified atom stereocenters. The summed E-state index contributed by atoms with van der Waals surface area (Å²) in [5.41, 5.74) is 0.931. The summed E-state index contributed by atoms with van der Waals surface area (Å²) in [7, 11) is -4.59. The number of ether oxygens (including phenoxy) is 1. The quantitative estimate of drug-likeness (QED) is 0.625. The minimum atomic E-state index is -4.59. The van der Waals surface area contributed by atoms with Crippen LogP contribution in [0, 0.1) is 0 Å². The van der Waals surface area contributed by atoms with Crippen LogP contribution in [0.4, 0.5) is 0 Å². The van der Waals surface area contributed by atoms with E-state index in [1.807, 2.05) is 30.3 Å². The van der Waals surface area contributed by atoms with Crippen LogP contribution < -0.4 is 0 Å². The predicted octanol–water partition coefficient (Wildman–Crippen LogP) is 0.673. The van der Waals surface area contributed by atoms with Gasteiger partial charge in [-0.25, -0.2) is 4.57 Å². The molecule has 1 atom stereocenters. The maximum Gasteiger partial charge on any atom is 0.470 e. The topological polar surface area (TPSA) is 96.2 Å². The molecule has 0 saturated carbocycles. The van der Waals surface area contributed by atoms with Crippen LogP contribution in [0.5, 0.6) is 0 Å². The maximum absolute atomic E-state index is 10.5. The second-order valence-electron chi connectivity index (χ2n) is 3.40. The zero-order chi connectivity index (χ0) is 12.7. The summed E-state index contributed by atoms with van der Waals surface area (Å²) in [6.45, 7) is -0.307. The molecule has 7 heteroatoms. The highest BCUT2D eigenvalue weighted by atomic mass is 31.2. The lowest BCUT2D eigenvalue weighted by Crippen LogP contribution is -2.22. The lowest BCUT2D eigenvalue weighted by molar-refractivity contribution is -0.000658. The molecular weight excluding hydrogens is 247 g/mol. The Bertz CT molecular complexity index is 362. The molecule has 3 N–H and O–H groups in total. The van der Waals surface area contributed by atoms with Crippen molar-refractivity contribution in [2.45, 2.75) is 12.7 Å². The van der Waals surface area contributed by atoms with Crippen molar-refractivity contribution in [2.75, 3.05) is 13.2 Å². The molecule has 0 aliphatic rings. The van der Waals surface area contributed by atoms with E-state index in [1.54, 1.807) is 0 Å². The van der Waals surface area contributed by atoms with Crippen molar-refractivity contribution >= 4 is 7.82 Å². The van der Waals surface area contributed by atoms with Gasteiger partial charge in [-0.2, -0.15) is 0 Å². The zero-order valence-corrected chi connectivity index (χ0v) is 9.99. The Morgan fingerprint density at radius 1 is 1.24 bits per heavy atom. The molecule has 96 valence electrons. The van der Waals surface area contributed by atoms with Gasteiger partial charge in [0.1, 0.15) is 6.10 Å². The van der Waals surface area contributed by atoms with E-state index in [4.69, 9.17) is 19.6 Å². The van der Waals surface area contributed by atoms with Crippen LogP contribution in [0.15, 0.2) is 30.3 Å². The molecule has 1 aromatic carbocycles. The van der Waals surface area contributed by atoms with E-state index in [0.717, 1.165) is 5.56 Å². The van der Waals surface area contributed by atoms with Crippen LogP contribution in [0.1, 0.15) is 5.56 Å². The van der Waals surface area contributed by atoms with Gasteiger partial charge in [-0.3, -0.25) is 4.52 Å². The van der Waals surface area contributed by atoms with E-state index >= 15 is 0 Å². The van der Waals surface area contributed by atoms with Gasteiger partial charge in [0.05, 0.1) is 19.8 Å². The van der Waals surface area contributed by atoms with E-state index in [-0.39, 0.29) is 6.61 Å². The highest BCUT2D eigenvalue weighted by Crippen LogP contribution is 2.37. The molecule has 0 fully saturated rings. The van der Waals surface area contributed by atoms with Crippen LogP contribution in [0.25, 0.3) is 0 Å². The summed E-state index contributed by atoms with van der Waals surface area (Å²) < 4.78 is 20.0. The Morgan fingerprint density at radius 3 is 2.41 bits per heavy atom. The standard InChI is InChI=1S/C10H15O6P/c11-6-10(16-17(12,13)14)8-15-7-9-4-2-1-3-5-9/h1-5,10-11H,6-8H2,(H2,12,13,14). The second kappa shape index (κ2) is 6.86. The molecule has 6 nitrogen and oxygen atoms in total. The van der Waals surface area contributed by atoms with E-state index in [9.17, 15) is 4.57 Å². The van der Waals surface area contributed by atoms with Crippen molar-refractivity contribution in [3.8, 4) is 0 Å². The van der Waals surface area contributed by atoms with Crippen LogP contribution in [-0.2, 0) is 20.4 Å². The fourth-order valence-corrected chi connectivity index (χ4v) is 1.71. The lowest BCUT2D eigenvalue weighted by atomic mass is 10.2. The average molecular weight is 262 g/mol. The van der Waals surface area contributed by atoms with E-state index in [1.165, 1.54) is 0 Å². The second-order valence-corrected chi connectivity index (χ2v) is 4.59. The van der Waals surface area contributed by atoms with Crippen LogP contribution in [0.2, 0.25) is 0 Å². The first-order chi connectivity index (χ1) is 8.01. The van der Waals surface area contributed by atoms with E-state index in [0.29, 0.717) is 6.61 Å². The van der Waals surface area contributed by atoms with Crippen LogP contribution >= 0.6 is 7.82 Å². The van der Waals surface area contributed by atoms with Crippen molar-refractivity contribution in [1.82, 2.24) is 0 Å². The third-order valence-corrected chi connectivity index (χ3v) is 2.48. The molecule has 1 rings (SSSR count). The van der Waals surface area contributed by atoms with Crippen molar-refractivity contribution in [2.24, 2.45) is 0 Å². The number of aliphatic hydroxyl groups excluding tert-OH is 1. The van der Waals surface area contributed by atoms with Gasteiger partial charge >= 0.3 is 7.82 Å². The smallest absolute Gasteiger partial charge is 0.394 e. The molecule has 0 spiro atoms. The fraction of sp³-hybridized carbons (Fsp3) is 0.400. The average Bonchev–Trinajstić information content (AvgIpc) is 2.27. The summed E-state index contributed by atoms with van der Waals surface area (Å²) in [6, 6.07) is 9.30. The van der Waals surface area contributed by atoms with Gasteiger partial charge in [0.25, 0.3) is 0 Å². The van der Waals surface area contributed by atoms with Gasteiger partial charge in [-0.05, 0) is 5.56 Å². The van der Waals surface area contributed by atoms with Gasteiger partial charge < -0.3 is 19.6 Å². The maximum atomic E-state index is 10.5. The molecule has 0 bridgehead atoms. The van der Waals surface area contributed by atoms with E-state index in [2.05, 4.69) is 4.52 Å². The Balaban J connectivity index is 2.31. The Labute approximate surface area is 99.1 Å². The van der Waals surface area contributed by atoms with Crippen molar-refractivity contribution < 1.29 is 28.7 Å². The molecular formula is C10H15O6P. The van der Waals surface area contributed by atoms with Gasteiger partial charge in [0.2, 0.25) is 0 Å². The molecule has 0 radical (unpaired) electrons. The first-order valence-corrected chi connectivity index (χ1v) is 6.51. The number of phosphoric acid groups is 1. The zero-order valence-electron chi connectivity index (χ0n) is 9.10. The van der Waals surface area contributed by atoms with Crippen LogP contribution in [0.3, 0.4) is 0 Å². The molecule has 0 saturated heterocycles. The predicted molar refractivity (Wildman–Crippen MR) is 60.1 cm³/mol. The monoisotopic (exact) mass is 262 g/mol. The number of hydrogen-bond acceptors (Lipinski definition) is 4. The van der Waals surface area contributed by atoms with Gasteiger partial charge in [0, 0.05) is 0 Å². The summed E-state index contributed by atoms with van der Waals surface area (Å²) in [5, 5.41) is 8.84. The summed E-state index contributed by atoms with van der Waals surface area (Å²) in [5.74, 6) is 0. The van der Waals surface area contributed by atoms with Crippen LogP contribution in [-0.4, -0.2) is 34.2 Å². The lowest BCUT2D eigenvalue weighted by Gasteiger charge is -2.15. The number of aliphatic hydroxyl groups is 1. The molecule has 1 aromatic rings. The van der Waals surface area contributed by atoms with Crippen molar-refractivity contribution in [3.63, 3.8) is 0 Å². The molecule has 0 aliphatic carbocycles. The Hall–Kier alpha value is -0.750. The van der Waals surface area contributed by atoms with Gasteiger partial charge in [-0.15, -0.1) is 0 Å². The first kappa shape index (κ1) is 14.3. The number of benzene rings is 1. The molecule has 0 aromatic heterocycles. The summed E-state index contributed by atoms with van der Waals surface area (Å²) >= 11 is 0. The molecule has 0 heterocycles. The van der Waals surface area contributed by atoms with Gasteiger partial charge in [-0.1, -0.05) is 30.3 Å². The molecule has 0 amide bonds. The third-order valence-electron chi connectivity index (χ3n) is 1.91. The number of rotatable bonds is 7. The normalized spacial score (nSPS) is 13.6. The fourth-order valence-electron chi connectivity index (χ4n) is 1.19. The Morgan fingerprint density at radius 2 is 1.88 bits per heavy atom. The minimum Gasteiger partial charge on any atom is -0.394 e. The molecule has 0 aliphatic heterocycles. The van der Waals surface area contributed by atoms with Gasteiger partial charge in [0.15, 0.2) is 0 Å². The highest BCUT2D eigenvalue weighted by Gasteiger charge is 2.21. The highest BCUT2D eigenvalue weighted by molar-refractivity contribution is 7.46.